The molecule has 2 aliphatic heterocycles. The normalized spacial score (nSPS) is 25.8. The first-order valence-electron chi connectivity index (χ1n) is 12.2. The molecule has 5 nitrogen and oxygen atoms in total. The Hall–Kier alpha value is -2.00. The van der Waals surface area contributed by atoms with Gasteiger partial charge in [-0.15, -0.1) is 0 Å². The maximum atomic E-state index is 13.2. The summed E-state index contributed by atoms with van der Waals surface area (Å²) >= 11 is 0. The lowest BCUT2D eigenvalue weighted by Crippen LogP contribution is -2.37. The Morgan fingerprint density at radius 1 is 1.11 bits per heavy atom. The first-order chi connectivity index (χ1) is 16.5. The lowest BCUT2D eigenvalue weighted by molar-refractivity contribution is -0.137. The maximum Gasteiger partial charge on any atom is 0.416 e. The molecule has 0 bridgehead atoms. The number of aliphatic hydroxyl groups is 1. The second-order valence-corrected chi connectivity index (χ2v) is 10.8. The molecule has 0 amide bonds. The van der Waals surface area contributed by atoms with Gasteiger partial charge in [0.05, 0.1) is 29.1 Å². The summed E-state index contributed by atoms with van der Waals surface area (Å²) in [6, 6.07) is 5.15. The number of halogens is 3. The molecule has 3 heterocycles. The van der Waals surface area contributed by atoms with Crippen LogP contribution >= 0.6 is 0 Å². The van der Waals surface area contributed by atoms with E-state index in [9.17, 15) is 18.3 Å². The van der Waals surface area contributed by atoms with Gasteiger partial charge in [0, 0.05) is 50.0 Å². The van der Waals surface area contributed by atoms with E-state index < -0.39 is 29.5 Å². The highest BCUT2D eigenvalue weighted by Crippen LogP contribution is 2.57. The van der Waals surface area contributed by atoms with E-state index in [-0.39, 0.29) is 11.5 Å². The zero-order valence-electron chi connectivity index (χ0n) is 20.5. The van der Waals surface area contributed by atoms with Crippen LogP contribution in [0.5, 0.6) is 0 Å². The summed E-state index contributed by atoms with van der Waals surface area (Å²) < 4.78 is 57.9. The number of hydrogen-bond acceptors (Lipinski definition) is 5. The van der Waals surface area contributed by atoms with Crippen LogP contribution in [0.2, 0.25) is 0 Å². The summed E-state index contributed by atoms with van der Waals surface area (Å²) in [5, 5.41) is 11.4. The van der Waals surface area contributed by atoms with Crippen LogP contribution in [0.25, 0.3) is 0 Å². The number of pyridine rings is 1. The number of alkyl halides is 3. The first-order valence-corrected chi connectivity index (χ1v) is 12.2. The number of hydrogen-bond donors (Lipinski definition) is 1. The summed E-state index contributed by atoms with van der Waals surface area (Å²) in [6.45, 7) is 7.18. The van der Waals surface area contributed by atoms with Crippen molar-refractivity contribution in [2.75, 3.05) is 20.3 Å². The van der Waals surface area contributed by atoms with Crippen molar-refractivity contribution in [3.63, 3.8) is 0 Å². The lowest BCUT2D eigenvalue weighted by Gasteiger charge is -2.40. The molecule has 0 radical (unpaired) electrons. The van der Waals surface area contributed by atoms with E-state index >= 15 is 0 Å². The molecule has 8 heteroatoms. The van der Waals surface area contributed by atoms with Crippen molar-refractivity contribution >= 4 is 0 Å². The second kappa shape index (κ2) is 8.54. The van der Waals surface area contributed by atoms with Crippen molar-refractivity contribution in [2.45, 2.75) is 76.5 Å². The summed E-state index contributed by atoms with van der Waals surface area (Å²) in [5.41, 5.74) is 3.27. The van der Waals surface area contributed by atoms with Gasteiger partial charge < -0.3 is 19.3 Å². The van der Waals surface area contributed by atoms with Crippen molar-refractivity contribution in [1.82, 2.24) is 4.98 Å². The van der Waals surface area contributed by atoms with E-state index in [1.165, 1.54) is 12.1 Å². The van der Waals surface area contributed by atoms with Gasteiger partial charge >= 0.3 is 6.18 Å². The highest BCUT2D eigenvalue weighted by molar-refractivity contribution is 5.54. The minimum Gasteiger partial charge on any atom is -0.388 e. The van der Waals surface area contributed by atoms with E-state index in [4.69, 9.17) is 19.2 Å². The summed E-state index contributed by atoms with van der Waals surface area (Å²) in [7, 11) is 1.62. The number of ether oxygens (including phenoxy) is 3. The molecular weight excluding hydrogens is 459 g/mol. The van der Waals surface area contributed by atoms with Gasteiger partial charge in [-0.05, 0) is 48.4 Å². The summed E-state index contributed by atoms with van der Waals surface area (Å²) in [5.74, 6) is 0. The fourth-order valence-corrected chi connectivity index (χ4v) is 6.00. The van der Waals surface area contributed by atoms with Gasteiger partial charge in [-0.25, -0.2) is 0 Å². The Labute approximate surface area is 203 Å². The third-order valence-electron chi connectivity index (χ3n) is 7.75. The number of aliphatic hydroxyl groups excluding tert-OH is 1. The smallest absolute Gasteiger partial charge is 0.388 e. The number of aromatic nitrogens is 1. The molecule has 0 saturated carbocycles. The molecule has 3 aliphatic rings. The third-order valence-corrected chi connectivity index (χ3v) is 7.75. The minimum absolute atomic E-state index is 0.115. The lowest BCUT2D eigenvalue weighted by atomic mass is 9.70. The molecule has 35 heavy (non-hydrogen) atoms. The highest BCUT2D eigenvalue weighted by Gasteiger charge is 2.52. The summed E-state index contributed by atoms with van der Waals surface area (Å²) in [4.78, 5) is 5.04. The molecule has 1 N–H and O–H groups in total. The van der Waals surface area contributed by atoms with Gasteiger partial charge in [0.15, 0.2) is 0 Å². The van der Waals surface area contributed by atoms with Crippen LogP contribution < -0.4 is 0 Å². The average Bonchev–Trinajstić information content (AvgIpc) is 3.11. The molecule has 1 fully saturated rings. The maximum absolute atomic E-state index is 13.2. The minimum atomic E-state index is -4.41. The van der Waals surface area contributed by atoms with Gasteiger partial charge in [0.1, 0.15) is 6.10 Å². The van der Waals surface area contributed by atoms with Crippen LogP contribution in [-0.4, -0.2) is 30.4 Å². The van der Waals surface area contributed by atoms with Gasteiger partial charge in [0.2, 0.25) is 0 Å². The van der Waals surface area contributed by atoms with Crippen LogP contribution in [0.4, 0.5) is 13.2 Å². The van der Waals surface area contributed by atoms with E-state index in [2.05, 4.69) is 13.8 Å². The van der Waals surface area contributed by atoms with Crippen LogP contribution in [0.3, 0.4) is 0 Å². The number of fused-ring (bicyclic) bond motifs is 4. The highest BCUT2D eigenvalue weighted by atomic mass is 19.4. The van der Waals surface area contributed by atoms with Gasteiger partial charge in [-0.3, -0.25) is 4.98 Å². The van der Waals surface area contributed by atoms with E-state index in [1.807, 2.05) is 6.92 Å². The quantitative estimate of drug-likeness (QED) is 0.576. The monoisotopic (exact) mass is 491 g/mol. The molecule has 1 aromatic heterocycles. The molecule has 5 rings (SSSR count). The number of rotatable bonds is 3. The predicted molar refractivity (Wildman–Crippen MR) is 123 cm³/mol. The van der Waals surface area contributed by atoms with Crippen molar-refractivity contribution in [3.05, 3.63) is 63.5 Å². The standard InChI is InChI=1S/C27H32F3NO4/c1-15(33-4)23-21-22(20-18(31-23)13-25(2,3)14-19(20)32)26(9-11-34-12-10-26)35-24(21)16-5-7-17(8-6-16)27(28,29)30/h5-8,15,19,24,32H,9-14H2,1-4H3/t15?,19?,24-/m1/s1. The SMILES string of the molecule is COC(C)c1nc2c(c3c1[C@@H](c1ccc(C(F)(F)F)cc1)OC31CCOCC1)C(O)CC(C)(C)C2. The molecule has 1 aliphatic carbocycles. The zero-order valence-corrected chi connectivity index (χ0v) is 20.5. The van der Waals surface area contributed by atoms with E-state index in [1.54, 1.807) is 7.11 Å². The Bertz CT molecular complexity index is 1110. The van der Waals surface area contributed by atoms with Gasteiger partial charge in [-0.2, -0.15) is 13.2 Å². The Balaban J connectivity index is 1.75. The first kappa shape index (κ1) is 24.7. The zero-order chi connectivity index (χ0) is 25.2. The number of nitrogens with zero attached hydrogens (tertiary/aromatic N) is 1. The number of methoxy groups -OCH3 is 1. The molecule has 3 atom stereocenters. The summed E-state index contributed by atoms with van der Waals surface area (Å²) in [6.07, 6.45) is -3.56. The van der Waals surface area contributed by atoms with Crippen LogP contribution in [0.1, 0.15) is 97.6 Å². The fraction of sp³-hybridized carbons (Fsp3) is 0.593. The van der Waals surface area contributed by atoms with Crippen molar-refractivity contribution in [2.24, 2.45) is 5.41 Å². The van der Waals surface area contributed by atoms with Crippen molar-refractivity contribution < 1.29 is 32.5 Å². The molecule has 190 valence electrons. The molecule has 2 aromatic rings. The Morgan fingerprint density at radius 2 is 1.77 bits per heavy atom. The van der Waals surface area contributed by atoms with Crippen LogP contribution in [-0.2, 0) is 32.4 Å². The van der Waals surface area contributed by atoms with E-state index in [0.717, 1.165) is 40.2 Å². The van der Waals surface area contributed by atoms with Crippen molar-refractivity contribution in [1.29, 1.82) is 0 Å². The van der Waals surface area contributed by atoms with Crippen LogP contribution in [0, 0.1) is 5.41 Å². The fourth-order valence-electron chi connectivity index (χ4n) is 6.00. The third kappa shape index (κ3) is 4.18. The van der Waals surface area contributed by atoms with Crippen LogP contribution in [0.15, 0.2) is 24.3 Å². The van der Waals surface area contributed by atoms with Crippen molar-refractivity contribution in [3.8, 4) is 0 Å². The van der Waals surface area contributed by atoms with Gasteiger partial charge in [0.25, 0.3) is 0 Å². The molecule has 1 aromatic carbocycles. The molecule has 2 unspecified atom stereocenters. The second-order valence-electron chi connectivity index (χ2n) is 10.8. The molecule has 1 saturated heterocycles. The van der Waals surface area contributed by atoms with Gasteiger partial charge in [-0.1, -0.05) is 26.0 Å². The Kier molecular flexibility index (Phi) is 6.02. The van der Waals surface area contributed by atoms with E-state index in [0.29, 0.717) is 44.5 Å². The largest absolute Gasteiger partial charge is 0.416 e. The average molecular weight is 492 g/mol. The Morgan fingerprint density at radius 3 is 2.37 bits per heavy atom. The number of benzene rings is 1. The molecular formula is C27H32F3NO4. The molecule has 1 spiro atoms. The predicted octanol–water partition coefficient (Wildman–Crippen LogP) is 5.94. The topological polar surface area (TPSA) is 60.8 Å².